The molecular weight excluding hydrogens is 308 g/mol. The van der Waals surface area contributed by atoms with E-state index in [1.165, 1.54) is 4.90 Å². The average Bonchev–Trinajstić information content (AvgIpc) is 3.31. The molecule has 4 rings (SSSR count). The number of amides is 1. The maximum atomic E-state index is 12.9. The molecule has 1 aromatic carbocycles. The summed E-state index contributed by atoms with van der Waals surface area (Å²) in [7, 11) is 3.58. The monoisotopic (exact) mass is 326 g/mol. The summed E-state index contributed by atoms with van der Waals surface area (Å²) in [4.78, 5) is 23.1. The van der Waals surface area contributed by atoms with Crippen molar-refractivity contribution in [1.29, 1.82) is 0 Å². The summed E-state index contributed by atoms with van der Waals surface area (Å²) in [6.45, 7) is 0.537. The molecule has 1 saturated heterocycles. The molecular formula is C17H18N4O3. The number of imidazole rings is 1. The summed E-state index contributed by atoms with van der Waals surface area (Å²) in [6.07, 6.45) is 3.87. The third-order valence-corrected chi connectivity index (χ3v) is 4.42. The standard InChI is InChI=1S/C17H18N4O3/c1-20-9-8-18-15(20)14-11(7-10-23-14)16(22)21(2)17-19-12-5-3-4-6-13(12)24-17/h3-6,8-9,11,14H,7,10H2,1-2H3/t11-,14-/m1/s1. The smallest absolute Gasteiger partial charge is 0.304 e. The molecule has 3 heterocycles. The Labute approximate surface area is 138 Å². The molecule has 7 heteroatoms. The number of fused-ring (bicyclic) bond motifs is 1. The van der Waals surface area contributed by atoms with Crippen LogP contribution >= 0.6 is 0 Å². The summed E-state index contributed by atoms with van der Waals surface area (Å²) < 4.78 is 13.4. The van der Waals surface area contributed by atoms with E-state index in [2.05, 4.69) is 9.97 Å². The van der Waals surface area contributed by atoms with Crippen molar-refractivity contribution in [2.24, 2.45) is 13.0 Å². The molecule has 2 atom stereocenters. The third-order valence-electron chi connectivity index (χ3n) is 4.42. The highest BCUT2D eigenvalue weighted by Crippen LogP contribution is 2.35. The molecule has 2 aromatic heterocycles. The first kappa shape index (κ1) is 14.9. The van der Waals surface area contributed by atoms with Crippen LogP contribution in [-0.4, -0.2) is 34.1 Å². The van der Waals surface area contributed by atoms with Crippen LogP contribution in [0.4, 0.5) is 6.01 Å². The van der Waals surface area contributed by atoms with Crippen LogP contribution in [0.2, 0.25) is 0 Å². The van der Waals surface area contributed by atoms with Crippen LogP contribution in [0, 0.1) is 5.92 Å². The van der Waals surface area contributed by atoms with Crippen LogP contribution in [0.1, 0.15) is 18.3 Å². The van der Waals surface area contributed by atoms with Gasteiger partial charge in [0.2, 0.25) is 5.91 Å². The van der Waals surface area contributed by atoms with Crippen molar-refractivity contribution in [1.82, 2.24) is 14.5 Å². The summed E-state index contributed by atoms with van der Waals surface area (Å²) in [5, 5.41) is 0. The van der Waals surface area contributed by atoms with Gasteiger partial charge in [-0.15, -0.1) is 0 Å². The maximum absolute atomic E-state index is 12.9. The fraction of sp³-hybridized carbons (Fsp3) is 0.353. The van der Waals surface area contributed by atoms with Gasteiger partial charge in [0.05, 0.1) is 5.92 Å². The molecule has 124 valence electrons. The number of benzene rings is 1. The molecule has 0 unspecified atom stereocenters. The van der Waals surface area contributed by atoms with Gasteiger partial charge in [-0.1, -0.05) is 12.1 Å². The van der Waals surface area contributed by atoms with E-state index in [0.29, 0.717) is 24.6 Å². The molecule has 1 aliphatic heterocycles. The Hall–Kier alpha value is -2.67. The van der Waals surface area contributed by atoms with Gasteiger partial charge < -0.3 is 13.7 Å². The lowest BCUT2D eigenvalue weighted by atomic mass is 9.99. The van der Waals surface area contributed by atoms with E-state index in [0.717, 1.165) is 11.3 Å². The zero-order chi connectivity index (χ0) is 16.7. The van der Waals surface area contributed by atoms with Crippen molar-refractivity contribution in [3.05, 3.63) is 42.5 Å². The van der Waals surface area contributed by atoms with Crippen molar-refractivity contribution in [2.75, 3.05) is 18.6 Å². The second kappa shape index (κ2) is 5.76. The van der Waals surface area contributed by atoms with Gasteiger partial charge in [0.1, 0.15) is 17.4 Å². The molecule has 0 saturated carbocycles. The van der Waals surface area contributed by atoms with E-state index in [9.17, 15) is 4.79 Å². The van der Waals surface area contributed by atoms with Gasteiger partial charge in [-0.25, -0.2) is 4.98 Å². The maximum Gasteiger partial charge on any atom is 0.304 e. The Bertz CT molecular complexity index is 852. The highest BCUT2D eigenvalue weighted by Gasteiger charge is 2.40. The van der Waals surface area contributed by atoms with Crippen LogP contribution in [0.25, 0.3) is 11.1 Å². The number of hydrogen-bond acceptors (Lipinski definition) is 5. The number of ether oxygens (including phenoxy) is 1. The van der Waals surface area contributed by atoms with Gasteiger partial charge in [-0.05, 0) is 18.6 Å². The highest BCUT2D eigenvalue weighted by molar-refractivity contribution is 5.94. The highest BCUT2D eigenvalue weighted by atomic mass is 16.5. The first-order chi connectivity index (χ1) is 11.6. The van der Waals surface area contributed by atoms with Gasteiger partial charge in [0, 0.05) is 33.1 Å². The molecule has 1 amide bonds. The normalized spacial score (nSPS) is 20.6. The second-order valence-corrected chi connectivity index (χ2v) is 5.94. The van der Waals surface area contributed by atoms with Gasteiger partial charge >= 0.3 is 6.01 Å². The second-order valence-electron chi connectivity index (χ2n) is 5.94. The number of oxazole rings is 1. The van der Waals surface area contributed by atoms with Crippen molar-refractivity contribution >= 4 is 23.0 Å². The summed E-state index contributed by atoms with van der Waals surface area (Å²) >= 11 is 0. The van der Waals surface area contributed by atoms with Crippen LogP contribution in [-0.2, 0) is 16.6 Å². The number of rotatable bonds is 3. The number of nitrogens with zero attached hydrogens (tertiary/aromatic N) is 4. The topological polar surface area (TPSA) is 73.4 Å². The predicted octanol–water partition coefficient (Wildman–Crippen LogP) is 2.30. The Morgan fingerprint density at radius 2 is 2.21 bits per heavy atom. The molecule has 0 spiro atoms. The predicted molar refractivity (Wildman–Crippen MR) is 87.4 cm³/mol. The van der Waals surface area contributed by atoms with Gasteiger partial charge in [0.15, 0.2) is 5.58 Å². The molecule has 0 radical (unpaired) electrons. The summed E-state index contributed by atoms with van der Waals surface area (Å²) in [5.74, 6) is 0.384. The first-order valence-electron chi connectivity index (χ1n) is 7.87. The Morgan fingerprint density at radius 3 is 2.96 bits per heavy atom. The van der Waals surface area contributed by atoms with Crippen LogP contribution in [0.5, 0.6) is 0 Å². The average molecular weight is 326 g/mol. The fourth-order valence-electron chi connectivity index (χ4n) is 3.09. The van der Waals surface area contributed by atoms with E-state index in [-0.39, 0.29) is 17.9 Å². The van der Waals surface area contributed by atoms with Crippen LogP contribution in [0.15, 0.2) is 41.1 Å². The van der Waals surface area contributed by atoms with Gasteiger partial charge in [0.25, 0.3) is 0 Å². The van der Waals surface area contributed by atoms with E-state index < -0.39 is 0 Å². The lowest BCUT2D eigenvalue weighted by Gasteiger charge is -2.21. The minimum atomic E-state index is -0.343. The number of anilines is 1. The molecule has 1 fully saturated rings. The summed E-state index contributed by atoms with van der Waals surface area (Å²) in [6, 6.07) is 7.75. The Morgan fingerprint density at radius 1 is 1.38 bits per heavy atom. The van der Waals surface area contributed by atoms with Crippen LogP contribution < -0.4 is 4.90 Å². The first-order valence-corrected chi connectivity index (χ1v) is 7.87. The number of carbonyl (C=O) groups is 1. The summed E-state index contributed by atoms with van der Waals surface area (Å²) in [5.41, 5.74) is 1.39. The van der Waals surface area contributed by atoms with Gasteiger partial charge in [-0.3, -0.25) is 9.69 Å². The lowest BCUT2D eigenvalue weighted by Crippen LogP contribution is -2.35. The Kier molecular flexibility index (Phi) is 3.57. The number of aryl methyl sites for hydroxylation is 1. The zero-order valence-corrected chi connectivity index (χ0v) is 13.5. The van der Waals surface area contributed by atoms with Crippen molar-refractivity contribution in [2.45, 2.75) is 12.5 Å². The number of para-hydroxylation sites is 2. The largest absolute Gasteiger partial charge is 0.423 e. The fourth-order valence-corrected chi connectivity index (χ4v) is 3.09. The molecule has 1 aliphatic rings. The van der Waals surface area contributed by atoms with E-state index in [4.69, 9.17) is 9.15 Å². The van der Waals surface area contributed by atoms with Gasteiger partial charge in [-0.2, -0.15) is 4.98 Å². The molecule has 0 aliphatic carbocycles. The molecule has 0 bridgehead atoms. The molecule has 7 nitrogen and oxygen atoms in total. The van der Waals surface area contributed by atoms with E-state index >= 15 is 0 Å². The molecule has 3 aromatic rings. The van der Waals surface area contributed by atoms with E-state index in [1.54, 1.807) is 13.2 Å². The zero-order valence-electron chi connectivity index (χ0n) is 13.5. The quantitative estimate of drug-likeness (QED) is 0.738. The third kappa shape index (κ3) is 2.37. The SMILES string of the molecule is CN(C(=O)[C@@H]1CCO[C@H]1c1nccn1C)c1nc2ccccc2o1. The number of hydrogen-bond donors (Lipinski definition) is 0. The minimum absolute atomic E-state index is 0.0768. The van der Waals surface area contributed by atoms with Crippen LogP contribution in [0.3, 0.4) is 0 Å². The number of aromatic nitrogens is 3. The van der Waals surface area contributed by atoms with Crippen molar-refractivity contribution in [3.63, 3.8) is 0 Å². The molecule has 0 N–H and O–H groups in total. The van der Waals surface area contributed by atoms with Crippen molar-refractivity contribution in [3.8, 4) is 0 Å². The molecule has 24 heavy (non-hydrogen) atoms. The number of carbonyl (C=O) groups excluding carboxylic acids is 1. The van der Waals surface area contributed by atoms with Crippen molar-refractivity contribution < 1.29 is 13.9 Å². The lowest BCUT2D eigenvalue weighted by molar-refractivity contribution is -0.124. The minimum Gasteiger partial charge on any atom is -0.423 e. The Balaban J connectivity index is 1.61. The van der Waals surface area contributed by atoms with E-state index in [1.807, 2.05) is 42.1 Å².